The average Bonchev–Trinajstić information content (AvgIpc) is 3.15. The second-order valence-corrected chi connectivity index (χ2v) is 8.34. The van der Waals surface area contributed by atoms with Crippen molar-refractivity contribution in [1.82, 2.24) is 10.3 Å². The van der Waals surface area contributed by atoms with Gasteiger partial charge in [-0.25, -0.2) is 4.98 Å². The van der Waals surface area contributed by atoms with E-state index in [1.165, 1.54) is 0 Å². The number of aromatic nitrogens is 1. The number of nitrogens with zero attached hydrogens (tertiary/aromatic N) is 1. The number of phenols is 1. The number of hydrogen-bond acceptors (Lipinski definition) is 5. The van der Waals surface area contributed by atoms with E-state index in [0.717, 1.165) is 16.7 Å². The van der Waals surface area contributed by atoms with Gasteiger partial charge in [0.25, 0.3) is 5.91 Å². The van der Waals surface area contributed by atoms with Crippen LogP contribution in [0.1, 0.15) is 21.5 Å². The molecule has 6 nitrogen and oxygen atoms in total. The van der Waals surface area contributed by atoms with E-state index in [0.29, 0.717) is 32.7 Å². The number of thiocarbonyl (C=S) groups is 1. The fourth-order valence-corrected chi connectivity index (χ4v) is 3.58. The summed E-state index contributed by atoms with van der Waals surface area (Å²) in [5, 5.41) is 15.5. The van der Waals surface area contributed by atoms with Gasteiger partial charge in [-0.1, -0.05) is 6.07 Å². The maximum atomic E-state index is 12.4. The Hall–Kier alpha value is -3.23. The molecule has 0 radical (unpaired) electrons. The third kappa shape index (κ3) is 4.60. The number of halogens is 1. The number of anilines is 1. The number of carbonyl (C=O) groups is 1. The first-order valence-corrected chi connectivity index (χ1v) is 10.6. The zero-order valence-electron chi connectivity index (χ0n) is 16.7. The van der Waals surface area contributed by atoms with E-state index >= 15 is 0 Å². The molecule has 0 spiro atoms. The lowest BCUT2D eigenvalue weighted by Gasteiger charge is -2.10. The molecular weight excluding hydrogens is 478 g/mol. The van der Waals surface area contributed by atoms with Crippen LogP contribution in [0.15, 0.2) is 63.5 Å². The molecule has 1 amide bonds. The Balaban J connectivity index is 1.49. The molecule has 0 atom stereocenters. The number of oxazole rings is 1. The Morgan fingerprint density at radius 1 is 1.06 bits per heavy atom. The lowest BCUT2D eigenvalue weighted by molar-refractivity contribution is 0.0977. The predicted octanol–water partition coefficient (Wildman–Crippen LogP) is 5.71. The molecule has 1 aromatic heterocycles. The predicted molar refractivity (Wildman–Crippen MR) is 128 cm³/mol. The SMILES string of the molecule is Cc1ccc(C(=O)NC(=S)Nc2ccc3oc(-c4ccc(O)c(Br)c4)nc3c2)cc1C. The monoisotopic (exact) mass is 495 g/mol. The molecule has 0 aliphatic heterocycles. The van der Waals surface area contributed by atoms with Crippen LogP contribution >= 0.6 is 28.1 Å². The van der Waals surface area contributed by atoms with Gasteiger partial charge in [0, 0.05) is 16.8 Å². The Bertz CT molecular complexity index is 1330. The topological polar surface area (TPSA) is 87.4 Å². The van der Waals surface area contributed by atoms with Crippen LogP contribution in [-0.2, 0) is 0 Å². The van der Waals surface area contributed by atoms with E-state index < -0.39 is 0 Å². The van der Waals surface area contributed by atoms with Crippen molar-refractivity contribution in [2.75, 3.05) is 5.32 Å². The molecule has 0 aliphatic carbocycles. The normalized spacial score (nSPS) is 10.8. The lowest BCUT2D eigenvalue weighted by Crippen LogP contribution is -2.34. The number of rotatable bonds is 3. The molecule has 1 heterocycles. The Morgan fingerprint density at radius 2 is 1.87 bits per heavy atom. The summed E-state index contributed by atoms with van der Waals surface area (Å²) < 4.78 is 6.36. The zero-order valence-corrected chi connectivity index (χ0v) is 19.1. The maximum Gasteiger partial charge on any atom is 0.257 e. The van der Waals surface area contributed by atoms with Gasteiger partial charge in [0.1, 0.15) is 11.3 Å². The number of benzene rings is 3. The average molecular weight is 496 g/mol. The lowest BCUT2D eigenvalue weighted by atomic mass is 10.1. The largest absolute Gasteiger partial charge is 0.507 e. The summed E-state index contributed by atoms with van der Waals surface area (Å²) in [7, 11) is 0. The summed E-state index contributed by atoms with van der Waals surface area (Å²) in [5.41, 5.74) is 5.35. The van der Waals surface area contributed by atoms with Crippen molar-refractivity contribution in [2.24, 2.45) is 0 Å². The Morgan fingerprint density at radius 3 is 2.61 bits per heavy atom. The van der Waals surface area contributed by atoms with E-state index in [-0.39, 0.29) is 16.8 Å². The highest BCUT2D eigenvalue weighted by molar-refractivity contribution is 9.10. The van der Waals surface area contributed by atoms with Crippen molar-refractivity contribution in [3.63, 3.8) is 0 Å². The van der Waals surface area contributed by atoms with Crippen molar-refractivity contribution in [3.05, 3.63) is 75.8 Å². The van der Waals surface area contributed by atoms with Crippen LogP contribution in [-0.4, -0.2) is 21.1 Å². The molecular formula is C23H18BrN3O3S. The van der Waals surface area contributed by atoms with Gasteiger partial charge in [-0.15, -0.1) is 0 Å². The van der Waals surface area contributed by atoms with E-state index in [1.54, 1.807) is 42.5 Å². The third-order valence-electron chi connectivity index (χ3n) is 4.84. The highest BCUT2D eigenvalue weighted by Crippen LogP contribution is 2.31. The van der Waals surface area contributed by atoms with E-state index in [2.05, 4.69) is 31.5 Å². The number of aromatic hydroxyl groups is 1. The summed E-state index contributed by atoms with van der Waals surface area (Å²) in [6, 6.07) is 15.9. The fraction of sp³-hybridized carbons (Fsp3) is 0.0870. The molecule has 156 valence electrons. The standard InChI is InChI=1S/C23H18BrN3O3S/c1-12-3-4-14(9-13(12)2)21(29)27-23(31)25-16-6-8-20-18(11-16)26-22(30-20)15-5-7-19(28)17(24)10-15/h3-11,28H,1-2H3,(H2,25,27,29,31). The van der Waals surface area contributed by atoms with Gasteiger partial charge in [-0.3, -0.25) is 10.1 Å². The number of hydrogen-bond donors (Lipinski definition) is 3. The minimum Gasteiger partial charge on any atom is -0.507 e. The van der Waals surface area contributed by atoms with Crippen molar-refractivity contribution in [1.29, 1.82) is 0 Å². The molecule has 0 saturated carbocycles. The van der Waals surface area contributed by atoms with Crippen LogP contribution in [0.3, 0.4) is 0 Å². The number of amides is 1. The van der Waals surface area contributed by atoms with Crippen molar-refractivity contribution in [3.8, 4) is 17.2 Å². The number of phenolic OH excluding ortho intramolecular Hbond substituents is 1. The number of aryl methyl sites for hydroxylation is 2. The van der Waals surface area contributed by atoms with Gasteiger partial charge in [0.2, 0.25) is 5.89 Å². The highest BCUT2D eigenvalue weighted by atomic mass is 79.9. The summed E-state index contributed by atoms with van der Waals surface area (Å²) in [5.74, 6) is 0.296. The van der Waals surface area contributed by atoms with E-state index in [1.807, 2.05) is 26.0 Å². The van der Waals surface area contributed by atoms with E-state index in [4.69, 9.17) is 16.6 Å². The molecule has 0 unspecified atom stereocenters. The fourth-order valence-electron chi connectivity index (χ4n) is 2.99. The first-order chi connectivity index (χ1) is 14.8. The Labute approximate surface area is 192 Å². The van der Waals surface area contributed by atoms with Gasteiger partial charge < -0.3 is 14.8 Å². The first kappa shape index (κ1) is 21.0. The van der Waals surface area contributed by atoms with Crippen LogP contribution in [0.4, 0.5) is 5.69 Å². The molecule has 0 aliphatic rings. The molecule has 4 aromatic rings. The summed E-state index contributed by atoms with van der Waals surface area (Å²) in [6.45, 7) is 3.95. The molecule has 0 bridgehead atoms. The van der Waals surface area contributed by atoms with Gasteiger partial charge in [0.15, 0.2) is 10.7 Å². The van der Waals surface area contributed by atoms with Gasteiger partial charge in [-0.05, 0) is 102 Å². The quantitative estimate of drug-likeness (QED) is 0.315. The van der Waals surface area contributed by atoms with Crippen molar-refractivity contribution in [2.45, 2.75) is 13.8 Å². The molecule has 8 heteroatoms. The second-order valence-electron chi connectivity index (χ2n) is 7.07. The van der Waals surface area contributed by atoms with Crippen LogP contribution < -0.4 is 10.6 Å². The molecule has 0 fully saturated rings. The maximum absolute atomic E-state index is 12.4. The van der Waals surface area contributed by atoms with Crippen LogP contribution in [0.25, 0.3) is 22.6 Å². The minimum atomic E-state index is -0.275. The van der Waals surface area contributed by atoms with Gasteiger partial charge >= 0.3 is 0 Å². The molecule has 31 heavy (non-hydrogen) atoms. The van der Waals surface area contributed by atoms with Gasteiger partial charge in [-0.2, -0.15) is 0 Å². The summed E-state index contributed by atoms with van der Waals surface area (Å²) >= 11 is 8.58. The van der Waals surface area contributed by atoms with Gasteiger partial charge in [0.05, 0.1) is 4.47 Å². The first-order valence-electron chi connectivity index (χ1n) is 9.39. The smallest absolute Gasteiger partial charge is 0.257 e. The van der Waals surface area contributed by atoms with Crippen LogP contribution in [0, 0.1) is 13.8 Å². The summed E-state index contributed by atoms with van der Waals surface area (Å²) in [6.07, 6.45) is 0. The number of nitrogens with one attached hydrogen (secondary N) is 2. The third-order valence-corrected chi connectivity index (χ3v) is 5.68. The van der Waals surface area contributed by atoms with Crippen LogP contribution in [0.5, 0.6) is 5.75 Å². The molecule has 3 N–H and O–H groups in total. The zero-order chi connectivity index (χ0) is 22.1. The van der Waals surface area contributed by atoms with E-state index in [9.17, 15) is 9.90 Å². The summed E-state index contributed by atoms with van der Waals surface area (Å²) in [4.78, 5) is 17.0. The molecule has 4 rings (SSSR count). The number of carbonyl (C=O) groups excluding carboxylic acids is 1. The molecule has 0 saturated heterocycles. The minimum absolute atomic E-state index is 0.141. The van der Waals surface area contributed by atoms with Crippen LogP contribution in [0.2, 0.25) is 0 Å². The Kier molecular flexibility index (Phi) is 5.75. The molecule has 3 aromatic carbocycles. The second kappa shape index (κ2) is 8.49. The highest BCUT2D eigenvalue weighted by Gasteiger charge is 2.12. The van der Waals surface area contributed by atoms with Crippen molar-refractivity contribution < 1.29 is 14.3 Å². The van der Waals surface area contributed by atoms with Crippen molar-refractivity contribution >= 4 is 56.0 Å². The number of fused-ring (bicyclic) bond motifs is 1.